The highest BCUT2D eigenvalue weighted by molar-refractivity contribution is 6.07. The minimum Gasteiger partial charge on any atom is -0.878 e. The van der Waals surface area contributed by atoms with E-state index in [9.17, 15) is 9.90 Å². The quantitative estimate of drug-likeness (QED) is 0.336. The summed E-state index contributed by atoms with van der Waals surface area (Å²) in [5, 5.41) is 10.7. The van der Waals surface area contributed by atoms with E-state index >= 15 is 0 Å². The van der Waals surface area contributed by atoms with Gasteiger partial charge in [0, 0.05) is 17.7 Å². The third-order valence-corrected chi connectivity index (χ3v) is 2.28. The zero-order valence-electron chi connectivity index (χ0n) is 7.73. The molecule has 0 saturated carbocycles. The molecule has 4 heteroatoms. The molecular weight excluding hydrogens is 180 g/mol. The first-order valence-corrected chi connectivity index (χ1v) is 4.38. The fourth-order valence-corrected chi connectivity index (χ4v) is 1.52. The first kappa shape index (κ1) is 8.74. The minimum absolute atomic E-state index is 0.202. The number of aromatic nitrogens is 1. The fraction of sp³-hybridized carbons (Fsp3) is 0.200. The average Bonchev–Trinajstić information content (AvgIpc) is 2.18. The summed E-state index contributed by atoms with van der Waals surface area (Å²) in [6.07, 6.45) is 2.38. The van der Waals surface area contributed by atoms with Crippen molar-refractivity contribution in [2.45, 2.75) is 13.0 Å². The molecule has 72 valence electrons. The van der Waals surface area contributed by atoms with Crippen LogP contribution in [0.3, 0.4) is 0 Å². The van der Waals surface area contributed by atoms with Gasteiger partial charge in [0.15, 0.2) is 6.20 Å². The van der Waals surface area contributed by atoms with Crippen LogP contribution in [0.4, 0.5) is 0 Å². The number of hydrogen-bond donors (Lipinski definition) is 1. The molecule has 0 aliphatic carbocycles. The van der Waals surface area contributed by atoms with Gasteiger partial charge < -0.3 is 5.11 Å². The van der Waals surface area contributed by atoms with Gasteiger partial charge in [0.25, 0.3) is 11.5 Å². The first-order chi connectivity index (χ1) is 6.74. The second-order valence-corrected chi connectivity index (χ2v) is 3.21. The Hall–Kier alpha value is -1.84. The molecule has 0 bridgehead atoms. The maximum atomic E-state index is 11.7. The summed E-state index contributed by atoms with van der Waals surface area (Å²) in [5.74, 6) is -0.202. The van der Waals surface area contributed by atoms with E-state index in [1.165, 1.54) is 0 Å². The summed E-state index contributed by atoms with van der Waals surface area (Å²) in [6.45, 7) is 1.78. The van der Waals surface area contributed by atoms with Crippen LogP contribution in [0.15, 0.2) is 36.2 Å². The highest BCUT2D eigenvalue weighted by Crippen LogP contribution is 2.11. The number of Topliss-reactive ketones (excluding diaryl/α,β-unsaturated/α-hetero) is 1. The normalized spacial score (nSPS) is 23.1. The molecule has 1 unspecified atom stereocenters. The van der Waals surface area contributed by atoms with Gasteiger partial charge in [0.2, 0.25) is 0 Å². The van der Waals surface area contributed by atoms with Crippen LogP contribution in [0.1, 0.15) is 17.4 Å². The molecule has 2 rings (SSSR count). The van der Waals surface area contributed by atoms with E-state index in [4.69, 9.17) is 0 Å². The van der Waals surface area contributed by atoms with Crippen molar-refractivity contribution in [1.29, 1.82) is 0 Å². The fourth-order valence-electron chi connectivity index (χ4n) is 1.52. The molecule has 14 heavy (non-hydrogen) atoms. The third kappa shape index (κ3) is 1.16. The van der Waals surface area contributed by atoms with Crippen molar-refractivity contribution in [1.82, 2.24) is 0 Å². The van der Waals surface area contributed by atoms with Crippen LogP contribution in [-0.2, 0) is 0 Å². The van der Waals surface area contributed by atoms with Crippen molar-refractivity contribution in [2.75, 3.05) is 5.43 Å². The topological polar surface area (TPSA) is 56.0 Å². The number of nitrogens with zero attached hydrogens (tertiary/aromatic N) is 1. The number of nitrogens with one attached hydrogen (secondary N) is 1. The number of hydrogen-bond acceptors (Lipinski definition) is 3. The highest BCUT2D eigenvalue weighted by Gasteiger charge is 2.31. The summed E-state index contributed by atoms with van der Waals surface area (Å²) >= 11 is 0. The van der Waals surface area contributed by atoms with Gasteiger partial charge in [-0.25, -0.2) is 0 Å². The van der Waals surface area contributed by atoms with Crippen molar-refractivity contribution < 1.29 is 14.6 Å². The molecule has 4 nitrogen and oxygen atoms in total. The zero-order valence-corrected chi connectivity index (χ0v) is 7.73. The van der Waals surface area contributed by atoms with E-state index in [0.717, 1.165) is 0 Å². The molecule has 0 saturated heterocycles. The minimum atomic E-state index is -0.236. The van der Waals surface area contributed by atoms with Crippen LogP contribution in [0, 0.1) is 0 Å². The molecule has 1 atom stereocenters. The molecule has 0 fully saturated rings. The molecule has 2 heterocycles. The lowest BCUT2D eigenvalue weighted by molar-refractivity contribution is -0.656. The second-order valence-electron chi connectivity index (χ2n) is 3.21. The Morgan fingerprint density at radius 1 is 1.57 bits per heavy atom. The van der Waals surface area contributed by atoms with E-state index in [2.05, 4.69) is 5.43 Å². The van der Waals surface area contributed by atoms with Crippen molar-refractivity contribution in [2.24, 2.45) is 0 Å². The van der Waals surface area contributed by atoms with Gasteiger partial charge in [-0.2, -0.15) is 5.43 Å². The largest absolute Gasteiger partial charge is 0.878 e. The SMILES string of the molecule is CC1N[n+]2ccccc2C(=O)/C1=C\[O-]. The van der Waals surface area contributed by atoms with Crippen LogP contribution in [0.2, 0.25) is 0 Å². The van der Waals surface area contributed by atoms with E-state index in [1.54, 1.807) is 29.9 Å². The number of fused-ring (bicyclic) bond motifs is 1. The van der Waals surface area contributed by atoms with Gasteiger partial charge in [-0.15, -0.1) is 6.26 Å². The molecule has 0 amide bonds. The summed E-state index contributed by atoms with van der Waals surface area (Å²) < 4.78 is 1.64. The molecule has 1 aromatic heterocycles. The van der Waals surface area contributed by atoms with E-state index < -0.39 is 0 Å². The lowest BCUT2D eigenvalue weighted by Gasteiger charge is -2.20. The second kappa shape index (κ2) is 3.14. The lowest BCUT2D eigenvalue weighted by Crippen LogP contribution is -2.58. The molecule has 0 aromatic carbocycles. The molecule has 1 aromatic rings. The van der Waals surface area contributed by atoms with Crippen LogP contribution in [-0.4, -0.2) is 11.8 Å². The number of carbonyl (C=O) groups excluding carboxylic acids is 1. The van der Waals surface area contributed by atoms with E-state index in [-0.39, 0.29) is 17.4 Å². The van der Waals surface area contributed by atoms with Crippen LogP contribution in [0.5, 0.6) is 0 Å². The molecular formula is C10H10N2O2. The zero-order chi connectivity index (χ0) is 10.1. The van der Waals surface area contributed by atoms with Gasteiger partial charge >= 0.3 is 0 Å². The summed E-state index contributed by atoms with van der Waals surface area (Å²) in [4.78, 5) is 11.7. The monoisotopic (exact) mass is 190 g/mol. The van der Waals surface area contributed by atoms with Crippen molar-refractivity contribution in [3.05, 3.63) is 41.9 Å². The van der Waals surface area contributed by atoms with Crippen LogP contribution >= 0.6 is 0 Å². The molecule has 1 aliphatic heterocycles. The summed E-state index contributed by atoms with van der Waals surface area (Å²) in [7, 11) is 0. The Morgan fingerprint density at radius 2 is 2.36 bits per heavy atom. The Morgan fingerprint density at radius 3 is 3.07 bits per heavy atom. The molecule has 0 spiro atoms. The molecule has 0 radical (unpaired) electrons. The summed E-state index contributed by atoms with van der Waals surface area (Å²) in [6, 6.07) is 5.04. The Kier molecular flexibility index (Phi) is 1.96. The number of pyridine rings is 1. The number of carbonyl (C=O) groups is 1. The maximum Gasteiger partial charge on any atom is 0.282 e. The van der Waals surface area contributed by atoms with Gasteiger partial charge in [0.05, 0.1) is 0 Å². The van der Waals surface area contributed by atoms with E-state index in [0.29, 0.717) is 12.0 Å². The van der Waals surface area contributed by atoms with Crippen molar-refractivity contribution in [3.63, 3.8) is 0 Å². The Balaban J connectivity index is 2.54. The smallest absolute Gasteiger partial charge is 0.282 e. The van der Waals surface area contributed by atoms with Crippen LogP contribution in [0.25, 0.3) is 0 Å². The molecule has 1 N–H and O–H groups in total. The maximum absolute atomic E-state index is 11.7. The predicted molar refractivity (Wildman–Crippen MR) is 47.9 cm³/mol. The van der Waals surface area contributed by atoms with Gasteiger partial charge in [-0.3, -0.25) is 4.79 Å². The van der Waals surface area contributed by atoms with E-state index in [1.807, 2.05) is 6.07 Å². The lowest BCUT2D eigenvalue weighted by atomic mass is 10.0. The van der Waals surface area contributed by atoms with Gasteiger partial charge in [-0.1, -0.05) is 4.68 Å². The van der Waals surface area contributed by atoms with Crippen molar-refractivity contribution in [3.8, 4) is 0 Å². The standard InChI is InChI=1S/C10H10N2O2/c1-7-8(6-13)10(14)9-4-2-3-5-12(9)11-7/h2-7H,1H3,(H-,11,13,14). The van der Waals surface area contributed by atoms with Crippen LogP contribution < -0.4 is 15.2 Å². The first-order valence-electron chi connectivity index (χ1n) is 4.38. The number of rotatable bonds is 0. The highest BCUT2D eigenvalue weighted by atomic mass is 16.2. The predicted octanol–water partition coefficient (Wildman–Crippen LogP) is -0.653. The third-order valence-electron chi connectivity index (χ3n) is 2.28. The average molecular weight is 190 g/mol. The summed E-state index contributed by atoms with van der Waals surface area (Å²) in [5.41, 5.74) is 3.79. The Labute approximate surface area is 81.5 Å². The molecule has 1 aliphatic rings. The van der Waals surface area contributed by atoms with Crippen molar-refractivity contribution >= 4 is 5.78 Å². The van der Waals surface area contributed by atoms with Gasteiger partial charge in [-0.05, 0) is 13.0 Å². The van der Waals surface area contributed by atoms with Gasteiger partial charge in [0.1, 0.15) is 6.04 Å². The number of ketones is 1. The Bertz CT molecular complexity index is 412.